The Bertz CT molecular complexity index is 549. The van der Waals surface area contributed by atoms with Crippen LogP contribution in [0.5, 0.6) is 0 Å². The SMILES string of the molecule is CCCC(NC(=O)c1ccc(NCC)cc1)c1cccs1. The molecule has 3 nitrogen and oxygen atoms in total. The van der Waals surface area contributed by atoms with Crippen LogP contribution in [0.2, 0.25) is 0 Å². The minimum atomic E-state index is -0.00935. The second-order valence-electron chi connectivity index (χ2n) is 4.94. The number of amides is 1. The quantitative estimate of drug-likeness (QED) is 0.793. The molecule has 1 amide bonds. The lowest BCUT2D eigenvalue weighted by Gasteiger charge is -2.17. The number of hydrogen-bond acceptors (Lipinski definition) is 3. The molecule has 4 heteroatoms. The first-order valence-corrected chi connectivity index (χ1v) is 8.30. The highest BCUT2D eigenvalue weighted by Crippen LogP contribution is 2.23. The highest BCUT2D eigenvalue weighted by molar-refractivity contribution is 7.10. The average Bonchev–Trinajstić information content (AvgIpc) is 3.02. The summed E-state index contributed by atoms with van der Waals surface area (Å²) in [5.74, 6) is -0.00935. The standard InChI is InChI=1S/C17H22N2OS/c1-3-6-15(16-7-5-12-21-16)19-17(20)13-8-10-14(11-9-13)18-4-2/h5,7-12,15,18H,3-4,6H2,1-2H3,(H,19,20). The van der Waals surface area contributed by atoms with Gasteiger partial charge in [0.25, 0.3) is 5.91 Å². The Kier molecular flexibility index (Phi) is 5.81. The Balaban J connectivity index is 2.04. The lowest BCUT2D eigenvalue weighted by atomic mass is 10.1. The van der Waals surface area contributed by atoms with Gasteiger partial charge in [-0.15, -0.1) is 11.3 Å². The second kappa shape index (κ2) is 7.84. The molecule has 0 saturated heterocycles. The third-order valence-corrected chi connectivity index (χ3v) is 4.28. The summed E-state index contributed by atoms with van der Waals surface area (Å²) < 4.78 is 0. The van der Waals surface area contributed by atoms with Crippen molar-refractivity contribution in [3.05, 3.63) is 52.2 Å². The summed E-state index contributed by atoms with van der Waals surface area (Å²) in [6, 6.07) is 11.8. The Morgan fingerprint density at radius 1 is 1.19 bits per heavy atom. The lowest BCUT2D eigenvalue weighted by molar-refractivity contribution is 0.0935. The van der Waals surface area contributed by atoms with Crippen molar-refractivity contribution >= 4 is 22.9 Å². The average molecular weight is 302 g/mol. The molecule has 0 fully saturated rings. The number of carbonyl (C=O) groups excluding carboxylic acids is 1. The van der Waals surface area contributed by atoms with Gasteiger partial charge in [0.1, 0.15) is 0 Å². The minimum Gasteiger partial charge on any atom is -0.385 e. The fourth-order valence-electron chi connectivity index (χ4n) is 2.25. The minimum absolute atomic E-state index is 0.00935. The van der Waals surface area contributed by atoms with E-state index in [0.29, 0.717) is 5.56 Å². The fourth-order valence-corrected chi connectivity index (χ4v) is 3.06. The van der Waals surface area contributed by atoms with Crippen LogP contribution < -0.4 is 10.6 Å². The Hall–Kier alpha value is -1.81. The van der Waals surface area contributed by atoms with Gasteiger partial charge in [-0.25, -0.2) is 0 Å². The molecular formula is C17H22N2OS. The van der Waals surface area contributed by atoms with Crippen molar-refractivity contribution in [3.63, 3.8) is 0 Å². The summed E-state index contributed by atoms with van der Waals surface area (Å²) in [6.07, 6.45) is 2.00. The van der Waals surface area contributed by atoms with Crippen LogP contribution in [-0.4, -0.2) is 12.5 Å². The van der Waals surface area contributed by atoms with Crippen molar-refractivity contribution < 1.29 is 4.79 Å². The fraction of sp³-hybridized carbons (Fsp3) is 0.353. The van der Waals surface area contributed by atoms with E-state index in [1.165, 1.54) is 4.88 Å². The number of carbonyl (C=O) groups is 1. The van der Waals surface area contributed by atoms with Gasteiger partial charge < -0.3 is 10.6 Å². The lowest BCUT2D eigenvalue weighted by Crippen LogP contribution is -2.27. The van der Waals surface area contributed by atoms with E-state index in [9.17, 15) is 4.79 Å². The van der Waals surface area contributed by atoms with Crippen molar-refractivity contribution in [2.45, 2.75) is 32.7 Å². The first-order valence-electron chi connectivity index (χ1n) is 7.42. The zero-order chi connectivity index (χ0) is 15.1. The molecule has 2 N–H and O–H groups in total. The molecule has 0 spiro atoms. The molecule has 0 bridgehead atoms. The van der Waals surface area contributed by atoms with Crippen molar-refractivity contribution in [1.29, 1.82) is 0 Å². The second-order valence-corrected chi connectivity index (χ2v) is 5.92. The van der Waals surface area contributed by atoms with Gasteiger partial charge in [0, 0.05) is 22.7 Å². The van der Waals surface area contributed by atoms with Crippen molar-refractivity contribution in [2.24, 2.45) is 0 Å². The molecule has 1 atom stereocenters. The molecule has 1 heterocycles. The molecule has 1 unspecified atom stereocenters. The van der Waals surface area contributed by atoms with E-state index < -0.39 is 0 Å². The van der Waals surface area contributed by atoms with Crippen LogP contribution in [-0.2, 0) is 0 Å². The molecular weight excluding hydrogens is 280 g/mol. The molecule has 0 aliphatic rings. The normalized spacial score (nSPS) is 11.9. The topological polar surface area (TPSA) is 41.1 Å². The van der Waals surface area contributed by atoms with Gasteiger partial charge in [-0.3, -0.25) is 4.79 Å². The molecule has 1 aromatic heterocycles. The highest BCUT2D eigenvalue weighted by Gasteiger charge is 2.15. The molecule has 0 aliphatic heterocycles. The largest absolute Gasteiger partial charge is 0.385 e. The Morgan fingerprint density at radius 3 is 2.52 bits per heavy atom. The molecule has 2 rings (SSSR count). The highest BCUT2D eigenvalue weighted by atomic mass is 32.1. The van der Waals surface area contributed by atoms with E-state index in [-0.39, 0.29) is 11.9 Å². The number of rotatable bonds is 7. The predicted molar refractivity (Wildman–Crippen MR) is 90.0 cm³/mol. The van der Waals surface area contributed by atoms with Gasteiger partial charge in [-0.2, -0.15) is 0 Å². The van der Waals surface area contributed by atoms with E-state index in [4.69, 9.17) is 0 Å². The van der Waals surface area contributed by atoms with Crippen LogP contribution in [0.15, 0.2) is 41.8 Å². The Morgan fingerprint density at radius 2 is 1.95 bits per heavy atom. The van der Waals surface area contributed by atoms with E-state index >= 15 is 0 Å². The van der Waals surface area contributed by atoms with E-state index in [0.717, 1.165) is 25.1 Å². The van der Waals surface area contributed by atoms with E-state index in [1.807, 2.05) is 30.3 Å². The van der Waals surface area contributed by atoms with Gasteiger partial charge in [0.15, 0.2) is 0 Å². The van der Waals surface area contributed by atoms with Gasteiger partial charge in [-0.05, 0) is 49.1 Å². The van der Waals surface area contributed by atoms with Gasteiger partial charge >= 0.3 is 0 Å². The van der Waals surface area contributed by atoms with Gasteiger partial charge in [0.2, 0.25) is 0 Å². The van der Waals surface area contributed by atoms with Crippen LogP contribution in [0.1, 0.15) is 48.0 Å². The van der Waals surface area contributed by atoms with Crippen LogP contribution in [0.25, 0.3) is 0 Å². The molecule has 1 aromatic carbocycles. The van der Waals surface area contributed by atoms with E-state index in [1.54, 1.807) is 11.3 Å². The molecule has 112 valence electrons. The number of hydrogen-bond donors (Lipinski definition) is 2. The summed E-state index contributed by atoms with van der Waals surface area (Å²) in [4.78, 5) is 13.6. The molecule has 21 heavy (non-hydrogen) atoms. The van der Waals surface area contributed by atoms with E-state index in [2.05, 4.69) is 35.9 Å². The monoisotopic (exact) mass is 302 g/mol. The third-order valence-electron chi connectivity index (χ3n) is 3.30. The Labute approximate surface area is 130 Å². The van der Waals surface area contributed by atoms with Crippen LogP contribution >= 0.6 is 11.3 Å². The van der Waals surface area contributed by atoms with Crippen molar-refractivity contribution in [2.75, 3.05) is 11.9 Å². The summed E-state index contributed by atoms with van der Waals surface area (Å²) in [6.45, 7) is 5.07. The van der Waals surface area contributed by atoms with Gasteiger partial charge in [0.05, 0.1) is 6.04 Å². The smallest absolute Gasteiger partial charge is 0.251 e. The molecule has 0 saturated carbocycles. The van der Waals surface area contributed by atoms with Crippen molar-refractivity contribution in [1.82, 2.24) is 5.32 Å². The third kappa shape index (κ3) is 4.33. The maximum atomic E-state index is 12.4. The molecule has 0 aliphatic carbocycles. The molecule has 0 radical (unpaired) electrons. The van der Waals surface area contributed by atoms with Gasteiger partial charge in [-0.1, -0.05) is 19.4 Å². The summed E-state index contributed by atoms with van der Waals surface area (Å²) >= 11 is 1.69. The number of anilines is 1. The first kappa shape index (κ1) is 15.6. The zero-order valence-corrected chi connectivity index (χ0v) is 13.4. The van der Waals surface area contributed by atoms with Crippen LogP contribution in [0.4, 0.5) is 5.69 Å². The maximum absolute atomic E-state index is 12.4. The predicted octanol–water partition coefficient (Wildman–Crippen LogP) is 4.45. The zero-order valence-electron chi connectivity index (χ0n) is 12.6. The number of nitrogens with one attached hydrogen (secondary N) is 2. The summed E-state index contributed by atoms with van der Waals surface area (Å²) in [5.41, 5.74) is 1.74. The summed E-state index contributed by atoms with van der Waals surface area (Å²) in [7, 11) is 0. The molecule has 2 aromatic rings. The first-order chi connectivity index (χ1) is 10.2. The number of benzene rings is 1. The summed E-state index contributed by atoms with van der Waals surface area (Å²) in [5, 5.41) is 8.42. The van der Waals surface area contributed by atoms with Crippen LogP contribution in [0, 0.1) is 0 Å². The maximum Gasteiger partial charge on any atom is 0.251 e. The number of thiophene rings is 1. The van der Waals surface area contributed by atoms with Crippen molar-refractivity contribution in [3.8, 4) is 0 Å². The van der Waals surface area contributed by atoms with Crippen LogP contribution in [0.3, 0.4) is 0 Å².